The fourth-order valence-electron chi connectivity index (χ4n) is 1.53. The highest BCUT2D eigenvalue weighted by atomic mass is 19.1. The normalized spacial score (nSPS) is 9.95. The van der Waals surface area contributed by atoms with Gasteiger partial charge < -0.3 is 20.1 Å². The van der Waals surface area contributed by atoms with Gasteiger partial charge in [0.1, 0.15) is 5.82 Å². The van der Waals surface area contributed by atoms with Gasteiger partial charge in [0.2, 0.25) is 0 Å². The SMILES string of the molecule is COc1nc(CNC(=O)Nc2ccccc2F)nc(OC)n1. The Kier molecular flexibility index (Phi) is 5.02. The molecule has 2 amide bonds. The summed E-state index contributed by atoms with van der Waals surface area (Å²) in [4.78, 5) is 23.5. The minimum absolute atomic E-state index is 0.00444. The summed E-state index contributed by atoms with van der Waals surface area (Å²) >= 11 is 0. The first-order valence-electron chi connectivity index (χ1n) is 6.24. The molecule has 0 saturated heterocycles. The molecule has 0 aliphatic heterocycles. The molecule has 0 unspecified atom stereocenters. The van der Waals surface area contributed by atoms with Crippen LogP contribution in [0.25, 0.3) is 0 Å². The molecule has 0 atom stereocenters. The molecule has 1 heterocycles. The molecule has 116 valence electrons. The van der Waals surface area contributed by atoms with E-state index in [0.29, 0.717) is 0 Å². The molecule has 0 spiro atoms. The van der Waals surface area contributed by atoms with Gasteiger partial charge in [-0.05, 0) is 12.1 Å². The van der Waals surface area contributed by atoms with Crippen LogP contribution in [0.3, 0.4) is 0 Å². The van der Waals surface area contributed by atoms with Gasteiger partial charge in [0.05, 0.1) is 26.5 Å². The molecule has 2 rings (SSSR count). The Bertz CT molecular complexity index is 646. The van der Waals surface area contributed by atoms with Gasteiger partial charge in [0.25, 0.3) is 0 Å². The number of ether oxygens (including phenoxy) is 2. The number of urea groups is 1. The number of para-hydroxylation sites is 1. The summed E-state index contributed by atoms with van der Waals surface area (Å²) in [7, 11) is 2.80. The number of aromatic nitrogens is 3. The molecule has 2 N–H and O–H groups in total. The smallest absolute Gasteiger partial charge is 0.322 e. The molecule has 0 aliphatic rings. The number of rotatable bonds is 5. The van der Waals surface area contributed by atoms with Crippen LogP contribution < -0.4 is 20.1 Å². The highest BCUT2D eigenvalue weighted by molar-refractivity contribution is 5.89. The van der Waals surface area contributed by atoms with Crippen LogP contribution in [0, 0.1) is 5.82 Å². The number of halogens is 1. The van der Waals surface area contributed by atoms with E-state index in [2.05, 4.69) is 25.6 Å². The number of methoxy groups -OCH3 is 2. The lowest BCUT2D eigenvalue weighted by molar-refractivity contribution is 0.251. The van der Waals surface area contributed by atoms with Crippen molar-refractivity contribution in [2.24, 2.45) is 0 Å². The molecule has 0 saturated carbocycles. The Balaban J connectivity index is 1.98. The number of carbonyl (C=O) groups excluding carboxylic acids is 1. The minimum atomic E-state index is -0.594. The van der Waals surface area contributed by atoms with Crippen LogP contribution in [-0.2, 0) is 6.54 Å². The molecular formula is C13H14FN5O3. The molecule has 0 bridgehead atoms. The van der Waals surface area contributed by atoms with Crippen molar-refractivity contribution in [3.63, 3.8) is 0 Å². The number of amides is 2. The topological polar surface area (TPSA) is 98.3 Å². The summed E-state index contributed by atoms with van der Waals surface area (Å²) in [5.74, 6) is -0.284. The zero-order valence-electron chi connectivity index (χ0n) is 12.0. The third-order valence-corrected chi connectivity index (χ3v) is 2.53. The maximum atomic E-state index is 13.4. The van der Waals surface area contributed by atoms with E-state index in [0.717, 1.165) is 0 Å². The van der Waals surface area contributed by atoms with Gasteiger partial charge in [0, 0.05) is 0 Å². The number of carbonyl (C=O) groups is 1. The number of nitrogens with zero attached hydrogens (tertiary/aromatic N) is 3. The third kappa shape index (κ3) is 4.01. The molecule has 1 aromatic carbocycles. The Hall–Kier alpha value is -2.97. The molecular weight excluding hydrogens is 293 g/mol. The Morgan fingerprint density at radius 2 is 1.77 bits per heavy atom. The summed E-state index contributed by atoms with van der Waals surface area (Å²) in [6, 6.07) is 5.38. The molecule has 0 radical (unpaired) electrons. The number of benzene rings is 1. The maximum absolute atomic E-state index is 13.4. The number of anilines is 1. The fraction of sp³-hybridized carbons (Fsp3) is 0.231. The van der Waals surface area contributed by atoms with Crippen LogP contribution in [0.4, 0.5) is 14.9 Å². The van der Waals surface area contributed by atoms with Crippen LogP contribution in [0.2, 0.25) is 0 Å². The zero-order chi connectivity index (χ0) is 15.9. The van der Waals surface area contributed by atoms with E-state index < -0.39 is 11.8 Å². The molecule has 2 aromatic rings. The van der Waals surface area contributed by atoms with Crippen molar-refractivity contribution in [2.75, 3.05) is 19.5 Å². The van der Waals surface area contributed by atoms with Crippen LogP contribution in [0.5, 0.6) is 12.0 Å². The Labute approximate surface area is 125 Å². The number of nitrogens with one attached hydrogen (secondary N) is 2. The predicted molar refractivity (Wildman–Crippen MR) is 75.2 cm³/mol. The Morgan fingerprint density at radius 3 is 2.36 bits per heavy atom. The number of hydrogen-bond donors (Lipinski definition) is 2. The van der Waals surface area contributed by atoms with Crippen molar-refractivity contribution in [2.45, 2.75) is 6.54 Å². The summed E-state index contributed by atoms with van der Waals surface area (Å²) < 4.78 is 23.2. The highest BCUT2D eigenvalue weighted by Crippen LogP contribution is 2.12. The molecule has 0 aliphatic carbocycles. The van der Waals surface area contributed by atoms with Crippen LogP contribution in [0.15, 0.2) is 24.3 Å². The average molecular weight is 307 g/mol. The van der Waals surface area contributed by atoms with E-state index in [-0.39, 0.29) is 30.1 Å². The molecule has 0 fully saturated rings. The third-order valence-electron chi connectivity index (χ3n) is 2.53. The van der Waals surface area contributed by atoms with E-state index in [1.807, 2.05) is 0 Å². The van der Waals surface area contributed by atoms with E-state index in [9.17, 15) is 9.18 Å². The van der Waals surface area contributed by atoms with E-state index >= 15 is 0 Å². The first-order valence-corrected chi connectivity index (χ1v) is 6.24. The van der Waals surface area contributed by atoms with Crippen molar-refractivity contribution >= 4 is 11.7 Å². The zero-order valence-corrected chi connectivity index (χ0v) is 12.0. The summed E-state index contributed by atoms with van der Waals surface area (Å²) in [5.41, 5.74) is 0.0748. The lowest BCUT2D eigenvalue weighted by Crippen LogP contribution is -2.29. The van der Waals surface area contributed by atoms with Gasteiger partial charge in [-0.25, -0.2) is 9.18 Å². The quantitative estimate of drug-likeness (QED) is 0.865. The first-order chi connectivity index (χ1) is 10.6. The second kappa shape index (κ2) is 7.16. The lowest BCUT2D eigenvalue weighted by Gasteiger charge is -2.08. The van der Waals surface area contributed by atoms with E-state index in [1.54, 1.807) is 6.07 Å². The fourth-order valence-corrected chi connectivity index (χ4v) is 1.53. The van der Waals surface area contributed by atoms with Gasteiger partial charge in [0.15, 0.2) is 5.82 Å². The van der Waals surface area contributed by atoms with Gasteiger partial charge in [-0.3, -0.25) is 0 Å². The van der Waals surface area contributed by atoms with Crippen molar-refractivity contribution in [1.82, 2.24) is 20.3 Å². The van der Waals surface area contributed by atoms with Gasteiger partial charge in [-0.1, -0.05) is 12.1 Å². The van der Waals surface area contributed by atoms with Crippen molar-refractivity contribution < 1.29 is 18.7 Å². The number of hydrogen-bond acceptors (Lipinski definition) is 6. The molecule has 9 heteroatoms. The predicted octanol–water partition coefficient (Wildman–Crippen LogP) is 1.35. The second-order valence-corrected chi connectivity index (χ2v) is 4.01. The van der Waals surface area contributed by atoms with Crippen LogP contribution >= 0.6 is 0 Å². The largest absolute Gasteiger partial charge is 0.467 e. The highest BCUT2D eigenvalue weighted by Gasteiger charge is 2.10. The van der Waals surface area contributed by atoms with Crippen LogP contribution in [-0.4, -0.2) is 35.2 Å². The molecule has 1 aromatic heterocycles. The molecule has 8 nitrogen and oxygen atoms in total. The van der Waals surface area contributed by atoms with Gasteiger partial charge in [-0.15, -0.1) is 4.98 Å². The summed E-state index contributed by atoms with van der Waals surface area (Å²) in [6.07, 6.45) is 0. The van der Waals surface area contributed by atoms with Crippen molar-refractivity contribution in [3.05, 3.63) is 35.9 Å². The van der Waals surface area contributed by atoms with Crippen molar-refractivity contribution in [3.8, 4) is 12.0 Å². The Morgan fingerprint density at radius 1 is 1.14 bits per heavy atom. The van der Waals surface area contributed by atoms with Gasteiger partial charge >= 0.3 is 18.1 Å². The minimum Gasteiger partial charge on any atom is -0.467 e. The average Bonchev–Trinajstić information content (AvgIpc) is 2.54. The molecule has 22 heavy (non-hydrogen) atoms. The van der Waals surface area contributed by atoms with Crippen molar-refractivity contribution in [1.29, 1.82) is 0 Å². The van der Waals surface area contributed by atoms with E-state index in [1.165, 1.54) is 32.4 Å². The summed E-state index contributed by atoms with van der Waals surface area (Å²) in [6.45, 7) is -0.00444. The first kappa shape index (κ1) is 15.4. The lowest BCUT2D eigenvalue weighted by atomic mass is 10.3. The maximum Gasteiger partial charge on any atom is 0.322 e. The van der Waals surface area contributed by atoms with Crippen LogP contribution in [0.1, 0.15) is 5.82 Å². The monoisotopic (exact) mass is 307 g/mol. The second-order valence-electron chi connectivity index (χ2n) is 4.01. The van der Waals surface area contributed by atoms with Gasteiger partial charge in [-0.2, -0.15) is 9.97 Å². The standard InChI is InChI=1S/C13H14FN5O3/c1-21-12-17-10(18-13(19-12)22-2)7-15-11(20)16-9-6-4-3-5-8(9)14/h3-6H,7H2,1-2H3,(H2,15,16,20). The van der Waals surface area contributed by atoms with E-state index in [4.69, 9.17) is 9.47 Å². The summed E-state index contributed by atoms with van der Waals surface area (Å²) in [5, 5.41) is 4.88.